The van der Waals surface area contributed by atoms with Crippen LogP contribution < -0.4 is 5.32 Å². The molecule has 0 spiro atoms. The highest BCUT2D eigenvalue weighted by Crippen LogP contribution is 2.25. The van der Waals surface area contributed by atoms with Crippen LogP contribution in [0.2, 0.25) is 15.1 Å². The maximum absolute atomic E-state index is 12.5. The molecule has 3 aromatic rings. The van der Waals surface area contributed by atoms with Gasteiger partial charge in [0.1, 0.15) is 0 Å². The molecule has 1 aromatic heterocycles. The lowest BCUT2D eigenvalue weighted by Gasteiger charge is -2.30. The predicted molar refractivity (Wildman–Crippen MR) is 138 cm³/mol. The lowest BCUT2D eigenvalue weighted by atomic mass is 9.96. The molecule has 0 radical (unpaired) electrons. The topological polar surface area (TPSA) is 71.3 Å². The van der Waals surface area contributed by atoms with Gasteiger partial charge in [0.2, 0.25) is 17.6 Å². The highest BCUT2D eigenvalue weighted by molar-refractivity contribution is 7.98. The van der Waals surface area contributed by atoms with Crippen LogP contribution in [-0.2, 0) is 17.1 Å². The number of hydrogen-bond acceptors (Lipinski definition) is 6. The number of hydrogen-bond donors (Lipinski definition) is 1. The Balaban J connectivity index is 1.14. The largest absolute Gasteiger partial charge is 0.355 e. The Labute approximate surface area is 218 Å². The maximum Gasteiger partial charge on any atom is 0.241 e. The molecule has 4 rings (SSSR count). The number of likely N-dealkylation sites (tertiary alicyclic amines) is 1. The SMILES string of the molecule is O=C(NCCSCc1ccc(Cl)cc1Cl)C1CCN(Cc2nc(-c3cccc(Cl)c3)no2)CC1. The molecule has 0 saturated carbocycles. The van der Waals surface area contributed by atoms with Crippen LogP contribution >= 0.6 is 46.6 Å². The molecule has 34 heavy (non-hydrogen) atoms. The molecule has 1 saturated heterocycles. The summed E-state index contributed by atoms with van der Waals surface area (Å²) in [7, 11) is 0. The number of halogens is 3. The van der Waals surface area contributed by atoms with Crippen molar-refractivity contribution in [2.75, 3.05) is 25.4 Å². The molecule has 1 aliphatic rings. The summed E-state index contributed by atoms with van der Waals surface area (Å²) >= 11 is 19.9. The Bertz CT molecular complexity index is 1120. The van der Waals surface area contributed by atoms with Crippen molar-refractivity contribution in [3.63, 3.8) is 0 Å². The van der Waals surface area contributed by atoms with Gasteiger partial charge in [0, 0.05) is 44.6 Å². The summed E-state index contributed by atoms with van der Waals surface area (Å²) in [6, 6.07) is 12.9. The van der Waals surface area contributed by atoms with Gasteiger partial charge in [-0.2, -0.15) is 16.7 Å². The number of nitrogens with zero attached hydrogens (tertiary/aromatic N) is 3. The quantitative estimate of drug-likeness (QED) is 0.338. The molecule has 1 N–H and O–H groups in total. The zero-order chi connectivity index (χ0) is 23.9. The van der Waals surface area contributed by atoms with Crippen molar-refractivity contribution in [2.45, 2.75) is 25.1 Å². The lowest BCUT2D eigenvalue weighted by Crippen LogP contribution is -2.40. The summed E-state index contributed by atoms with van der Waals surface area (Å²) in [5.41, 5.74) is 1.88. The first-order valence-corrected chi connectivity index (χ1v) is 13.4. The molecule has 0 aliphatic carbocycles. The van der Waals surface area contributed by atoms with Crippen LogP contribution in [0.3, 0.4) is 0 Å². The normalized spacial score (nSPS) is 14.9. The summed E-state index contributed by atoms with van der Waals surface area (Å²) in [5.74, 6) is 2.88. The summed E-state index contributed by atoms with van der Waals surface area (Å²) in [6.45, 7) is 2.85. The highest BCUT2D eigenvalue weighted by Gasteiger charge is 2.25. The van der Waals surface area contributed by atoms with E-state index in [0.717, 1.165) is 48.6 Å². The number of carbonyl (C=O) groups is 1. The number of amides is 1. The third-order valence-electron chi connectivity index (χ3n) is 5.69. The van der Waals surface area contributed by atoms with Gasteiger partial charge in [-0.1, -0.05) is 58.2 Å². The minimum Gasteiger partial charge on any atom is -0.355 e. The van der Waals surface area contributed by atoms with Crippen LogP contribution in [0.1, 0.15) is 24.3 Å². The summed E-state index contributed by atoms with van der Waals surface area (Å²) in [5, 5.41) is 9.08. The first-order chi connectivity index (χ1) is 16.5. The minimum atomic E-state index is 0.0386. The van der Waals surface area contributed by atoms with Crippen LogP contribution in [0.4, 0.5) is 0 Å². The van der Waals surface area contributed by atoms with Crippen LogP contribution in [0.25, 0.3) is 11.4 Å². The minimum absolute atomic E-state index is 0.0386. The third-order valence-corrected chi connectivity index (χ3v) is 7.52. The molecule has 1 amide bonds. The Morgan fingerprint density at radius 3 is 2.68 bits per heavy atom. The van der Waals surface area contributed by atoms with Crippen LogP contribution in [0.5, 0.6) is 0 Å². The second-order valence-corrected chi connectivity index (χ2v) is 10.5. The summed E-state index contributed by atoms with van der Waals surface area (Å²) < 4.78 is 5.41. The lowest BCUT2D eigenvalue weighted by molar-refractivity contribution is -0.126. The average molecular weight is 540 g/mol. The van der Waals surface area contributed by atoms with E-state index in [0.29, 0.717) is 39.9 Å². The smallest absolute Gasteiger partial charge is 0.241 e. The van der Waals surface area contributed by atoms with E-state index in [1.54, 1.807) is 17.8 Å². The monoisotopic (exact) mass is 538 g/mol. The van der Waals surface area contributed by atoms with E-state index in [1.165, 1.54) is 0 Å². The number of nitrogens with one attached hydrogen (secondary N) is 1. The molecule has 1 fully saturated rings. The van der Waals surface area contributed by atoms with Crippen molar-refractivity contribution in [3.05, 3.63) is 69.0 Å². The van der Waals surface area contributed by atoms with E-state index >= 15 is 0 Å². The van der Waals surface area contributed by atoms with Gasteiger partial charge in [0.05, 0.1) is 6.54 Å². The number of aromatic nitrogens is 2. The van der Waals surface area contributed by atoms with Crippen molar-refractivity contribution in [2.24, 2.45) is 5.92 Å². The number of benzene rings is 2. The molecule has 0 atom stereocenters. The maximum atomic E-state index is 12.5. The molecular formula is C24H25Cl3N4O2S. The fraction of sp³-hybridized carbons (Fsp3) is 0.375. The Hall–Kier alpha value is -1.77. The fourth-order valence-corrected chi connectivity index (χ4v) is 5.43. The van der Waals surface area contributed by atoms with Crippen LogP contribution in [-0.4, -0.2) is 46.3 Å². The molecule has 0 unspecified atom stereocenters. The first kappa shape index (κ1) is 25.3. The van der Waals surface area contributed by atoms with E-state index in [4.69, 9.17) is 39.3 Å². The number of piperidine rings is 1. The Morgan fingerprint density at radius 2 is 1.91 bits per heavy atom. The molecule has 1 aliphatic heterocycles. The van der Waals surface area contributed by atoms with Crippen molar-refractivity contribution in [1.82, 2.24) is 20.4 Å². The predicted octanol–water partition coefficient (Wildman–Crippen LogP) is 5.96. The third kappa shape index (κ3) is 7.12. The average Bonchev–Trinajstić information content (AvgIpc) is 3.29. The van der Waals surface area contributed by atoms with Gasteiger partial charge in [-0.3, -0.25) is 9.69 Å². The van der Waals surface area contributed by atoms with E-state index in [2.05, 4.69) is 20.4 Å². The molecular weight excluding hydrogens is 515 g/mol. The molecule has 10 heteroatoms. The fourth-order valence-electron chi connectivity index (χ4n) is 3.82. The standard InChI is InChI=1S/C24H25Cl3N4O2S/c25-19-3-1-2-17(12-19)23-29-22(33-30-23)14-31-9-6-16(7-10-31)24(32)28-8-11-34-15-18-4-5-20(26)13-21(18)27/h1-5,12-13,16H,6-11,14-15H2,(H,28,32). The van der Waals surface area contributed by atoms with Crippen LogP contribution in [0.15, 0.2) is 47.0 Å². The van der Waals surface area contributed by atoms with Gasteiger partial charge in [0.15, 0.2) is 0 Å². The van der Waals surface area contributed by atoms with E-state index in [1.807, 2.05) is 36.4 Å². The van der Waals surface area contributed by atoms with Gasteiger partial charge in [-0.05, 0) is 55.8 Å². The molecule has 0 bridgehead atoms. The van der Waals surface area contributed by atoms with Crippen molar-refractivity contribution >= 4 is 52.5 Å². The van der Waals surface area contributed by atoms with E-state index in [-0.39, 0.29) is 11.8 Å². The summed E-state index contributed by atoms with van der Waals surface area (Å²) in [4.78, 5) is 19.3. The van der Waals surface area contributed by atoms with Gasteiger partial charge in [-0.15, -0.1) is 0 Å². The molecule has 2 aromatic carbocycles. The van der Waals surface area contributed by atoms with E-state index in [9.17, 15) is 4.79 Å². The second kappa shape index (κ2) is 12.3. The second-order valence-electron chi connectivity index (χ2n) is 8.15. The van der Waals surface area contributed by atoms with Gasteiger partial charge in [0.25, 0.3) is 0 Å². The van der Waals surface area contributed by atoms with Gasteiger partial charge in [-0.25, -0.2) is 0 Å². The number of rotatable bonds is 9. The summed E-state index contributed by atoms with van der Waals surface area (Å²) in [6.07, 6.45) is 1.63. The molecule has 6 nitrogen and oxygen atoms in total. The highest BCUT2D eigenvalue weighted by atomic mass is 35.5. The Morgan fingerprint density at radius 1 is 1.12 bits per heavy atom. The van der Waals surface area contributed by atoms with Gasteiger partial charge < -0.3 is 9.84 Å². The van der Waals surface area contributed by atoms with E-state index < -0.39 is 0 Å². The van der Waals surface area contributed by atoms with Crippen molar-refractivity contribution in [3.8, 4) is 11.4 Å². The zero-order valence-corrected chi connectivity index (χ0v) is 21.6. The number of thioether (sulfide) groups is 1. The van der Waals surface area contributed by atoms with Crippen LogP contribution in [0, 0.1) is 5.92 Å². The molecule has 2 heterocycles. The Kier molecular flexibility index (Phi) is 9.14. The zero-order valence-electron chi connectivity index (χ0n) is 18.5. The van der Waals surface area contributed by atoms with Gasteiger partial charge >= 0.3 is 0 Å². The number of carbonyl (C=O) groups excluding carboxylic acids is 1. The van der Waals surface area contributed by atoms with Crippen molar-refractivity contribution < 1.29 is 9.32 Å². The first-order valence-electron chi connectivity index (χ1n) is 11.1. The molecule has 180 valence electrons. The van der Waals surface area contributed by atoms with Crippen molar-refractivity contribution in [1.29, 1.82) is 0 Å².